The molecule has 1 unspecified atom stereocenters. The predicted molar refractivity (Wildman–Crippen MR) is 48.0 cm³/mol. The summed E-state index contributed by atoms with van der Waals surface area (Å²) in [6.07, 6.45) is 3.86. The first-order chi connectivity index (χ1) is 4.77. The molecule has 0 aromatic heterocycles. The smallest absolute Gasteiger partial charge is 0.188 e. The highest BCUT2D eigenvalue weighted by Crippen LogP contribution is 2.20. The topological polar surface area (TPSA) is 18.5 Å². The summed E-state index contributed by atoms with van der Waals surface area (Å²) in [6, 6.07) is 0. The van der Waals surface area contributed by atoms with Gasteiger partial charge in [0.1, 0.15) is 0 Å². The van der Waals surface area contributed by atoms with Crippen molar-refractivity contribution in [1.82, 2.24) is 0 Å². The van der Waals surface area contributed by atoms with Crippen molar-refractivity contribution in [3.05, 3.63) is 0 Å². The fourth-order valence-corrected chi connectivity index (χ4v) is 4.07. The van der Waals surface area contributed by atoms with E-state index in [2.05, 4.69) is 0 Å². The Morgan fingerprint density at radius 3 is 2.90 bits per heavy atom. The monoisotopic (exact) mass is 176 g/mol. The lowest BCUT2D eigenvalue weighted by molar-refractivity contribution is 0.0277. The molecule has 2 nitrogen and oxygen atoms in total. The van der Waals surface area contributed by atoms with E-state index in [0.29, 0.717) is 0 Å². The van der Waals surface area contributed by atoms with Crippen LogP contribution in [0.5, 0.6) is 0 Å². The van der Waals surface area contributed by atoms with Gasteiger partial charge in [-0.15, -0.1) is 0 Å². The molecule has 0 saturated carbocycles. The van der Waals surface area contributed by atoms with E-state index < -0.39 is 0 Å². The molecule has 0 bridgehead atoms. The van der Waals surface area contributed by atoms with Gasteiger partial charge in [0, 0.05) is 24.0 Å². The summed E-state index contributed by atoms with van der Waals surface area (Å²) in [5.74, 6) is 0. The first kappa shape index (κ1) is 8.45. The van der Waals surface area contributed by atoms with Gasteiger partial charge in [0.25, 0.3) is 0 Å². The molecule has 0 aromatic rings. The van der Waals surface area contributed by atoms with E-state index in [1.54, 1.807) is 0 Å². The lowest BCUT2D eigenvalue weighted by Gasteiger charge is -2.32. The SMILES string of the molecule is CO[SiH2]C1([SiH3])CCCCO1. The zero-order valence-electron chi connectivity index (χ0n) is 6.85. The van der Waals surface area contributed by atoms with Gasteiger partial charge in [0.2, 0.25) is 0 Å². The Balaban J connectivity index is 2.32. The Hall–Kier alpha value is 0.354. The molecule has 1 aliphatic heterocycles. The Morgan fingerprint density at radius 2 is 2.40 bits per heavy atom. The van der Waals surface area contributed by atoms with Gasteiger partial charge in [-0.2, -0.15) is 0 Å². The Labute approximate surface area is 67.7 Å². The van der Waals surface area contributed by atoms with Gasteiger partial charge < -0.3 is 9.16 Å². The molecule has 0 radical (unpaired) electrons. The van der Waals surface area contributed by atoms with Crippen molar-refractivity contribution in [3.63, 3.8) is 0 Å². The maximum absolute atomic E-state index is 5.70. The highest BCUT2D eigenvalue weighted by Gasteiger charge is 2.27. The van der Waals surface area contributed by atoms with E-state index in [1.165, 1.54) is 19.3 Å². The van der Waals surface area contributed by atoms with E-state index in [9.17, 15) is 0 Å². The van der Waals surface area contributed by atoms with Gasteiger partial charge in [0.15, 0.2) is 9.76 Å². The van der Waals surface area contributed by atoms with Crippen LogP contribution in [-0.4, -0.2) is 38.6 Å². The lowest BCUT2D eigenvalue weighted by Crippen LogP contribution is -2.43. The fraction of sp³-hybridized carbons (Fsp3) is 1.00. The minimum Gasteiger partial charge on any atom is -0.425 e. The van der Waals surface area contributed by atoms with Crippen LogP contribution in [-0.2, 0) is 9.16 Å². The molecule has 60 valence electrons. The molecule has 1 saturated heterocycles. The third kappa shape index (κ3) is 2.19. The van der Waals surface area contributed by atoms with Crippen LogP contribution in [0.4, 0.5) is 0 Å². The van der Waals surface area contributed by atoms with Crippen molar-refractivity contribution < 1.29 is 9.16 Å². The molecule has 0 N–H and O–H groups in total. The Kier molecular flexibility index (Phi) is 3.09. The first-order valence-electron chi connectivity index (χ1n) is 3.90. The maximum atomic E-state index is 5.70. The molecule has 1 rings (SSSR count). The molecule has 0 spiro atoms. The Bertz CT molecular complexity index is 96.4. The summed E-state index contributed by atoms with van der Waals surface area (Å²) >= 11 is 0. The second kappa shape index (κ2) is 3.66. The van der Waals surface area contributed by atoms with Crippen molar-refractivity contribution in [1.29, 1.82) is 0 Å². The van der Waals surface area contributed by atoms with Gasteiger partial charge in [-0.25, -0.2) is 0 Å². The number of hydrogen-bond acceptors (Lipinski definition) is 2. The van der Waals surface area contributed by atoms with Crippen LogP contribution in [0.1, 0.15) is 19.3 Å². The van der Waals surface area contributed by atoms with Gasteiger partial charge in [0.05, 0.1) is 4.85 Å². The average molecular weight is 176 g/mol. The van der Waals surface area contributed by atoms with Crippen LogP contribution < -0.4 is 0 Å². The van der Waals surface area contributed by atoms with Crippen LogP contribution >= 0.6 is 0 Å². The molecule has 0 amide bonds. The van der Waals surface area contributed by atoms with E-state index in [-0.39, 0.29) is 14.6 Å². The second-order valence-corrected chi connectivity index (χ2v) is 8.79. The highest BCUT2D eigenvalue weighted by molar-refractivity contribution is 6.48. The second-order valence-electron chi connectivity index (χ2n) is 3.19. The van der Waals surface area contributed by atoms with Crippen LogP contribution in [0.25, 0.3) is 0 Å². The number of ether oxygens (including phenoxy) is 1. The minimum atomic E-state index is -0.381. The van der Waals surface area contributed by atoms with Crippen molar-refractivity contribution in [3.8, 4) is 0 Å². The molecule has 0 aliphatic carbocycles. The first-order valence-corrected chi connectivity index (χ1v) is 6.18. The summed E-state index contributed by atoms with van der Waals surface area (Å²) in [4.78, 5) is 0.285. The summed E-state index contributed by atoms with van der Waals surface area (Å²) in [5, 5.41) is 0. The van der Waals surface area contributed by atoms with Crippen molar-refractivity contribution in [2.45, 2.75) is 24.1 Å². The van der Waals surface area contributed by atoms with Gasteiger partial charge >= 0.3 is 0 Å². The molecule has 10 heavy (non-hydrogen) atoms. The van der Waals surface area contributed by atoms with Crippen molar-refractivity contribution >= 4 is 20.0 Å². The predicted octanol–water partition coefficient (Wildman–Crippen LogP) is -1.06. The molecule has 1 heterocycles. The van der Waals surface area contributed by atoms with E-state index >= 15 is 0 Å². The van der Waals surface area contributed by atoms with Crippen molar-refractivity contribution in [2.75, 3.05) is 13.7 Å². The van der Waals surface area contributed by atoms with Crippen molar-refractivity contribution in [2.24, 2.45) is 0 Å². The average Bonchev–Trinajstić information content (AvgIpc) is 1.89. The summed E-state index contributed by atoms with van der Waals surface area (Å²) in [5.41, 5.74) is 0. The van der Waals surface area contributed by atoms with E-state index in [0.717, 1.165) is 16.8 Å². The molecular formula is C6H16O2Si2. The van der Waals surface area contributed by atoms with Crippen LogP contribution in [0.2, 0.25) is 0 Å². The van der Waals surface area contributed by atoms with Gasteiger partial charge in [-0.05, 0) is 19.3 Å². The van der Waals surface area contributed by atoms with E-state index in [4.69, 9.17) is 9.16 Å². The van der Waals surface area contributed by atoms with E-state index in [1.807, 2.05) is 7.11 Å². The minimum absolute atomic E-state index is 0.285. The molecule has 1 fully saturated rings. The highest BCUT2D eigenvalue weighted by atomic mass is 28.3. The van der Waals surface area contributed by atoms with Crippen LogP contribution in [0, 0.1) is 0 Å². The molecule has 1 aliphatic rings. The zero-order valence-corrected chi connectivity index (χ0v) is 10.3. The third-order valence-electron chi connectivity index (χ3n) is 2.00. The lowest BCUT2D eigenvalue weighted by atomic mass is 10.2. The summed E-state index contributed by atoms with van der Waals surface area (Å²) < 4.78 is 10.9. The summed E-state index contributed by atoms with van der Waals surface area (Å²) in [6.45, 7) is 0.972. The molecule has 1 atom stereocenters. The standard InChI is InChI=1S/C6H16O2Si2/c1-7-10-6(9)4-2-3-5-8-6/h2-5,10H2,1,9H3. The fourth-order valence-electron chi connectivity index (χ4n) is 1.41. The molecule has 0 aromatic carbocycles. The number of rotatable bonds is 2. The quantitative estimate of drug-likeness (QED) is 0.499. The largest absolute Gasteiger partial charge is 0.425 e. The molecular weight excluding hydrogens is 160 g/mol. The molecule has 4 heteroatoms. The summed E-state index contributed by atoms with van der Waals surface area (Å²) in [7, 11) is 2.58. The third-order valence-corrected chi connectivity index (χ3v) is 5.11. The number of hydrogen-bond donors (Lipinski definition) is 0. The normalized spacial score (nSPS) is 35.7. The van der Waals surface area contributed by atoms with Crippen LogP contribution in [0.15, 0.2) is 0 Å². The maximum Gasteiger partial charge on any atom is 0.188 e. The Morgan fingerprint density at radius 1 is 1.60 bits per heavy atom. The van der Waals surface area contributed by atoms with Gasteiger partial charge in [-0.1, -0.05) is 0 Å². The van der Waals surface area contributed by atoms with Gasteiger partial charge in [-0.3, -0.25) is 0 Å². The van der Waals surface area contributed by atoms with Crippen LogP contribution in [0.3, 0.4) is 0 Å². The zero-order chi connectivity index (χ0) is 7.45.